The van der Waals surface area contributed by atoms with E-state index in [-0.39, 0.29) is 5.91 Å². The molecule has 1 fully saturated rings. The van der Waals surface area contributed by atoms with Crippen molar-refractivity contribution in [1.82, 2.24) is 15.2 Å². The molecule has 1 aromatic rings. The third-order valence-electron chi connectivity index (χ3n) is 2.71. The molecule has 1 aromatic heterocycles. The summed E-state index contributed by atoms with van der Waals surface area (Å²) >= 11 is 1.44. The summed E-state index contributed by atoms with van der Waals surface area (Å²) < 4.78 is 5.27. The Morgan fingerprint density at radius 1 is 1.53 bits per heavy atom. The summed E-state index contributed by atoms with van der Waals surface area (Å²) in [7, 11) is 0. The van der Waals surface area contributed by atoms with E-state index in [1.165, 1.54) is 11.3 Å². The fraction of sp³-hybridized carbons (Fsp3) is 0.636. The fourth-order valence-corrected chi connectivity index (χ4v) is 2.28. The van der Waals surface area contributed by atoms with Gasteiger partial charge in [0.1, 0.15) is 5.69 Å². The third kappa shape index (κ3) is 4.07. The van der Waals surface area contributed by atoms with Crippen molar-refractivity contribution in [3.8, 4) is 0 Å². The van der Waals surface area contributed by atoms with Crippen LogP contribution in [0.4, 0.5) is 0 Å². The Kier molecular flexibility index (Phi) is 4.90. The molecule has 0 spiro atoms. The van der Waals surface area contributed by atoms with Crippen LogP contribution in [0.5, 0.6) is 0 Å². The van der Waals surface area contributed by atoms with Crippen LogP contribution in [0.2, 0.25) is 0 Å². The van der Waals surface area contributed by atoms with Crippen LogP contribution in [-0.4, -0.2) is 55.2 Å². The Bertz CT molecular complexity index is 336. The molecule has 1 aliphatic heterocycles. The van der Waals surface area contributed by atoms with Gasteiger partial charge in [0.15, 0.2) is 0 Å². The van der Waals surface area contributed by atoms with Gasteiger partial charge in [0.2, 0.25) is 0 Å². The quantitative estimate of drug-likeness (QED) is 0.783. The van der Waals surface area contributed by atoms with Crippen molar-refractivity contribution in [2.75, 3.05) is 39.4 Å². The summed E-state index contributed by atoms with van der Waals surface area (Å²) in [4.78, 5) is 17.9. The number of rotatable bonds is 5. The van der Waals surface area contributed by atoms with E-state index in [9.17, 15) is 4.79 Å². The zero-order chi connectivity index (χ0) is 11.9. The van der Waals surface area contributed by atoms with E-state index in [0.29, 0.717) is 12.2 Å². The van der Waals surface area contributed by atoms with E-state index < -0.39 is 0 Å². The first kappa shape index (κ1) is 12.5. The normalized spacial score (nSPS) is 16.9. The molecule has 5 nitrogen and oxygen atoms in total. The van der Waals surface area contributed by atoms with Crippen LogP contribution in [0.1, 0.15) is 16.9 Å². The zero-order valence-corrected chi connectivity index (χ0v) is 10.5. The van der Waals surface area contributed by atoms with Gasteiger partial charge in [-0.05, 0) is 13.0 Å². The molecular formula is C11H17N3O2S. The maximum absolute atomic E-state index is 11.6. The molecule has 2 rings (SSSR count). The number of thiazole rings is 1. The van der Waals surface area contributed by atoms with Gasteiger partial charge in [-0.3, -0.25) is 9.69 Å². The molecule has 0 saturated carbocycles. The maximum Gasteiger partial charge on any atom is 0.270 e. The highest BCUT2D eigenvalue weighted by Gasteiger charge is 2.10. The van der Waals surface area contributed by atoms with Crippen molar-refractivity contribution >= 4 is 17.2 Å². The van der Waals surface area contributed by atoms with Gasteiger partial charge in [0, 0.05) is 25.0 Å². The van der Waals surface area contributed by atoms with Gasteiger partial charge >= 0.3 is 0 Å². The van der Waals surface area contributed by atoms with Crippen LogP contribution >= 0.6 is 11.3 Å². The van der Waals surface area contributed by atoms with Crippen molar-refractivity contribution in [2.45, 2.75) is 6.42 Å². The van der Waals surface area contributed by atoms with E-state index in [2.05, 4.69) is 15.2 Å². The predicted octanol–water partition coefficient (Wildman–Crippen LogP) is 0.595. The molecule has 0 unspecified atom stereocenters. The topological polar surface area (TPSA) is 54.5 Å². The Hall–Kier alpha value is -0.980. The lowest BCUT2D eigenvalue weighted by Gasteiger charge is -2.26. The first-order chi connectivity index (χ1) is 8.36. The van der Waals surface area contributed by atoms with Crippen molar-refractivity contribution in [3.05, 3.63) is 16.6 Å². The second kappa shape index (κ2) is 6.68. The summed E-state index contributed by atoms with van der Waals surface area (Å²) in [5, 5.41) is 4.63. The molecular weight excluding hydrogens is 238 g/mol. The smallest absolute Gasteiger partial charge is 0.270 e. The number of amides is 1. The second-order valence-electron chi connectivity index (χ2n) is 3.94. The summed E-state index contributed by atoms with van der Waals surface area (Å²) in [6.45, 7) is 5.37. The lowest BCUT2D eigenvalue weighted by Crippen LogP contribution is -2.38. The number of aromatic nitrogens is 1. The minimum atomic E-state index is -0.0757. The molecule has 6 heteroatoms. The standard InChI is InChI=1S/C11H17N3O2S/c15-11(10-8-17-9-13-10)12-2-1-3-14-4-6-16-7-5-14/h8-9H,1-7H2,(H,12,15). The van der Waals surface area contributed by atoms with Crippen LogP contribution in [0.25, 0.3) is 0 Å². The molecule has 1 saturated heterocycles. The Morgan fingerprint density at radius 2 is 2.35 bits per heavy atom. The summed E-state index contributed by atoms with van der Waals surface area (Å²) in [6, 6.07) is 0. The van der Waals surface area contributed by atoms with E-state index in [0.717, 1.165) is 39.3 Å². The summed E-state index contributed by atoms with van der Waals surface area (Å²) in [6.07, 6.45) is 0.968. The first-order valence-corrected chi connectivity index (χ1v) is 6.77. The van der Waals surface area contributed by atoms with Crippen molar-refractivity contribution in [1.29, 1.82) is 0 Å². The average Bonchev–Trinajstić information content (AvgIpc) is 2.89. The van der Waals surface area contributed by atoms with E-state index >= 15 is 0 Å². The van der Waals surface area contributed by atoms with Crippen molar-refractivity contribution in [2.24, 2.45) is 0 Å². The third-order valence-corrected chi connectivity index (χ3v) is 3.29. The van der Waals surface area contributed by atoms with Crippen LogP contribution in [0.15, 0.2) is 10.9 Å². The second-order valence-corrected chi connectivity index (χ2v) is 4.66. The minimum Gasteiger partial charge on any atom is -0.379 e. The number of hydrogen-bond acceptors (Lipinski definition) is 5. The molecule has 0 atom stereocenters. The number of nitrogens with zero attached hydrogens (tertiary/aromatic N) is 2. The Morgan fingerprint density at radius 3 is 3.06 bits per heavy atom. The van der Waals surface area contributed by atoms with E-state index in [4.69, 9.17) is 4.74 Å². The average molecular weight is 255 g/mol. The van der Waals surface area contributed by atoms with E-state index in [1.54, 1.807) is 10.9 Å². The zero-order valence-electron chi connectivity index (χ0n) is 9.72. The molecule has 1 amide bonds. The highest BCUT2D eigenvalue weighted by Crippen LogP contribution is 2.00. The molecule has 2 heterocycles. The molecule has 1 aliphatic rings. The van der Waals surface area contributed by atoms with Crippen LogP contribution in [0, 0.1) is 0 Å². The number of ether oxygens (including phenoxy) is 1. The summed E-state index contributed by atoms with van der Waals surface area (Å²) in [5.74, 6) is -0.0757. The van der Waals surface area contributed by atoms with Gasteiger partial charge in [-0.15, -0.1) is 11.3 Å². The molecule has 0 aromatic carbocycles. The molecule has 0 radical (unpaired) electrons. The highest BCUT2D eigenvalue weighted by molar-refractivity contribution is 7.07. The molecule has 94 valence electrons. The molecule has 17 heavy (non-hydrogen) atoms. The maximum atomic E-state index is 11.6. The lowest BCUT2D eigenvalue weighted by atomic mass is 10.3. The van der Waals surface area contributed by atoms with Gasteiger partial charge < -0.3 is 10.1 Å². The van der Waals surface area contributed by atoms with E-state index in [1.807, 2.05) is 0 Å². The molecule has 0 bridgehead atoms. The SMILES string of the molecule is O=C(NCCCN1CCOCC1)c1cscn1. The largest absolute Gasteiger partial charge is 0.379 e. The number of morpholine rings is 1. The number of nitrogens with one attached hydrogen (secondary N) is 1. The highest BCUT2D eigenvalue weighted by atomic mass is 32.1. The van der Waals surface area contributed by atoms with Crippen molar-refractivity contribution < 1.29 is 9.53 Å². The van der Waals surface area contributed by atoms with Gasteiger partial charge in [-0.25, -0.2) is 4.98 Å². The van der Waals surface area contributed by atoms with Crippen LogP contribution < -0.4 is 5.32 Å². The van der Waals surface area contributed by atoms with Gasteiger partial charge in [-0.1, -0.05) is 0 Å². The monoisotopic (exact) mass is 255 g/mol. The fourth-order valence-electron chi connectivity index (χ4n) is 1.74. The minimum absolute atomic E-state index is 0.0757. The Balaban J connectivity index is 1.58. The van der Waals surface area contributed by atoms with Gasteiger partial charge in [0.05, 0.1) is 18.7 Å². The van der Waals surface area contributed by atoms with Crippen molar-refractivity contribution in [3.63, 3.8) is 0 Å². The van der Waals surface area contributed by atoms with Gasteiger partial charge in [0.25, 0.3) is 5.91 Å². The van der Waals surface area contributed by atoms with Gasteiger partial charge in [-0.2, -0.15) is 0 Å². The number of carbonyl (C=O) groups is 1. The Labute approximate surface area is 105 Å². The molecule has 1 N–H and O–H groups in total. The van der Waals surface area contributed by atoms with Crippen LogP contribution in [0.3, 0.4) is 0 Å². The number of hydrogen-bond donors (Lipinski definition) is 1. The first-order valence-electron chi connectivity index (χ1n) is 5.83. The lowest BCUT2D eigenvalue weighted by molar-refractivity contribution is 0.0374. The molecule has 0 aliphatic carbocycles. The summed E-state index contributed by atoms with van der Waals surface area (Å²) in [5.41, 5.74) is 2.18. The predicted molar refractivity (Wildman–Crippen MR) is 66.3 cm³/mol. The number of carbonyl (C=O) groups excluding carboxylic acids is 1. The van der Waals surface area contributed by atoms with Crippen LogP contribution in [-0.2, 0) is 4.74 Å².